The van der Waals surface area contributed by atoms with Gasteiger partial charge in [-0.1, -0.05) is 53.3 Å². The van der Waals surface area contributed by atoms with Gasteiger partial charge in [0.25, 0.3) is 5.78 Å². The van der Waals surface area contributed by atoms with E-state index in [0.29, 0.717) is 34.1 Å². The minimum Gasteiger partial charge on any atom is -0.507 e. The van der Waals surface area contributed by atoms with Gasteiger partial charge in [0, 0.05) is 5.56 Å². The summed E-state index contributed by atoms with van der Waals surface area (Å²) in [6.07, 6.45) is 0. The number of aryl methyl sites for hydroxylation is 2. The SMILES string of the molecule is COC(=O)c1ccc([C@H]2C(=C(O)c3ccc(OCc4cccc(C)c4)cc3)C(=O)C(=O)N2c2nnc(C)s2)cc1. The summed E-state index contributed by atoms with van der Waals surface area (Å²) in [5.74, 6) is -1.97. The number of aliphatic hydroxyl groups is 1. The fourth-order valence-corrected chi connectivity index (χ4v) is 5.20. The molecule has 202 valence electrons. The number of hydrogen-bond acceptors (Lipinski definition) is 9. The van der Waals surface area contributed by atoms with Crippen molar-refractivity contribution in [2.75, 3.05) is 12.0 Å². The normalized spacial score (nSPS) is 16.3. The highest BCUT2D eigenvalue weighted by Gasteiger charge is 2.48. The number of carbonyl (C=O) groups is 3. The molecule has 1 amide bonds. The Morgan fingerprint density at radius 3 is 2.30 bits per heavy atom. The van der Waals surface area contributed by atoms with E-state index in [1.54, 1.807) is 43.3 Å². The Morgan fingerprint density at radius 2 is 1.68 bits per heavy atom. The van der Waals surface area contributed by atoms with Gasteiger partial charge >= 0.3 is 11.9 Å². The summed E-state index contributed by atoms with van der Waals surface area (Å²) in [5, 5.41) is 20.2. The number of rotatable bonds is 7. The quantitative estimate of drug-likeness (QED) is 0.144. The average Bonchev–Trinajstić information content (AvgIpc) is 3.51. The lowest BCUT2D eigenvalue weighted by atomic mass is 9.94. The maximum absolute atomic E-state index is 13.3. The van der Waals surface area contributed by atoms with E-state index < -0.39 is 23.7 Å². The van der Waals surface area contributed by atoms with Crippen molar-refractivity contribution in [1.82, 2.24) is 10.2 Å². The van der Waals surface area contributed by atoms with Crippen LogP contribution >= 0.6 is 11.3 Å². The second-order valence-corrected chi connectivity index (χ2v) is 10.3. The molecule has 40 heavy (non-hydrogen) atoms. The van der Waals surface area contributed by atoms with Gasteiger partial charge in [-0.05, 0) is 61.4 Å². The van der Waals surface area contributed by atoms with Gasteiger partial charge in [-0.15, -0.1) is 10.2 Å². The molecule has 3 aromatic carbocycles. The van der Waals surface area contributed by atoms with Crippen LogP contribution < -0.4 is 9.64 Å². The highest BCUT2D eigenvalue weighted by molar-refractivity contribution is 7.15. The number of Topliss-reactive ketones (excluding diaryl/α,β-unsaturated/α-hetero) is 1. The lowest BCUT2D eigenvalue weighted by Gasteiger charge is -2.22. The molecule has 0 aliphatic carbocycles. The Labute approximate surface area is 234 Å². The molecule has 1 aliphatic rings. The second-order valence-electron chi connectivity index (χ2n) is 9.19. The summed E-state index contributed by atoms with van der Waals surface area (Å²) in [5.41, 5.74) is 3.20. The van der Waals surface area contributed by atoms with Gasteiger partial charge in [0.2, 0.25) is 5.13 Å². The Kier molecular flexibility index (Phi) is 7.43. The molecule has 1 atom stereocenters. The van der Waals surface area contributed by atoms with Crippen LogP contribution in [-0.4, -0.2) is 40.1 Å². The van der Waals surface area contributed by atoms with E-state index in [1.165, 1.54) is 24.1 Å². The number of amides is 1. The van der Waals surface area contributed by atoms with E-state index >= 15 is 0 Å². The van der Waals surface area contributed by atoms with Gasteiger partial charge in [0.15, 0.2) is 0 Å². The summed E-state index contributed by atoms with van der Waals surface area (Å²) in [6, 6.07) is 19.9. The van der Waals surface area contributed by atoms with E-state index in [-0.39, 0.29) is 16.5 Å². The predicted molar refractivity (Wildman–Crippen MR) is 149 cm³/mol. The molecule has 0 spiro atoms. The average molecular weight is 556 g/mol. The first-order valence-electron chi connectivity index (χ1n) is 12.3. The van der Waals surface area contributed by atoms with Crippen molar-refractivity contribution in [1.29, 1.82) is 0 Å². The molecule has 1 aliphatic heterocycles. The topological polar surface area (TPSA) is 119 Å². The first-order chi connectivity index (χ1) is 19.3. The molecule has 1 N–H and O–H groups in total. The summed E-state index contributed by atoms with van der Waals surface area (Å²) in [7, 11) is 1.28. The summed E-state index contributed by atoms with van der Waals surface area (Å²) < 4.78 is 10.6. The molecule has 1 fully saturated rings. The first-order valence-corrected chi connectivity index (χ1v) is 13.2. The number of anilines is 1. The zero-order chi connectivity index (χ0) is 28.4. The standard InChI is InChI=1S/C30H25N3O6S/c1-17-5-4-6-19(15-17)16-39-23-13-11-21(12-14-23)26(34)24-25(20-7-9-22(10-8-20)29(37)38-3)33(28(36)27(24)35)30-32-31-18(2)40-30/h4-15,25,34H,16H2,1-3H3/t25-/m0/s1. The minimum atomic E-state index is -0.990. The van der Waals surface area contributed by atoms with Crippen LogP contribution in [0.15, 0.2) is 78.4 Å². The molecule has 1 saturated heterocycles. The number of nitrogens with zero attached hydrogens (tertiary/aromatic N) is 3. The third-order valence-electron chi connectivity index (χ3n) is 6.43. The van der Waals surface area contributed by atoms with Gasteiger partial charge in [0.05, 0.1) is 24.3 Å². The van der Waals surface area contributed by atoms with Crippen LogP contribution in [0.25, 0.3) is 5.76 Å². The van der Waals surface area contributed by atoms with E-state index in [9.17, 15) is 19.5 Å². The van der Waals surface area contributed by atoms with Gasteiger partial charge in [-0.2, -0.15) is 0 Å². The van der Waals surface area contributed by atoms with Gasteiger partial charge in [-0.3, -0.25) is 14.5 Å². The van der Waals surface area contributed by atoms with Crippen molar-refractivity contribution >= 4 is 39.9 Å². The third kappa shape index (κ3) is 5.21. The molecule has 0 unspecified atom stereocenters. The molecule has 0 saturated carbocycles. The number of ether oxygens (including phenoxy) is 2. The van der Waals surface area contributed by atoms with Crippen LogP contribution in [-0.2, 0) is 20.9 Å². The summed E-state index contributed by atoms with van der Waals surface area (Å²) in [4.78, 5) is 39.7. The number of carbonyl (C=O) groups excluding carboxylic acids is 3. The monoisotopic (exact) mass is 555 g/mol. The van der Waals surface area contributed by atoms with Crippen LogP contribution in [0, 0.1) is 13.8 Å². The number of methoxy groups -OCH3 is 1. The minimum absolute atomic E-state index is 0.0999. The molecule has 0 bridgehead atoms. The maximum atomic E-state index is 13.3. The van der Waals surface area contributed by atoms with Gasteiger partial charge < -0.3 is 14.6 Å². The second kappa shape index (κ2) is 11.1. The fourth-order valence-electron chi connectivity index (χ4n) is 4.48. The number of hydrogen-bond donors (Lipinski definition) is 1. The van der Waals surface area contributed by atoms with Crippen LogP contribution in [0.2, 0.25) is 0 Å². The molecule has 2 heterocycles. The lowest BCUT2D eigenvalue weighted by Crippen LogP contribution is -2.29. The zero-order valence-corrected chi connectivity index (χ0v) is 22.8. The van der Waals surface area contributed by atoms with Crippen molar-refractivity contribution in [3.63, 3.8) is 0 Å². The van der Waals surface area contributed by atoms with Crippen LogP contribution in [0.4, 0.5) is 5.13 Å². The molecule has 1 aromatic heterocycles. The highest BCUT2D eigenvalue weighted by Crippen LogP contribution is 2.43. The first kappa shape index (κ1) is 26.8. The zero-order valence-electron chi connectivity index (χ0n) is 22.0. The maximum Gasteiger partial charge on any atom is 0.337 e. The van der Waals surface area contributed by atoms with Crippen LogP contribution in [0.3, 0.4) is 0 Å². The largest absolute Gasteiger partial charge is 0.507 e. The molecular weight excluding hydrogens is 530 g/mol. The van der Waals surface area contributed by atoms with Crippen LogP contribution in [0.1, 0.15) is 43.7 Å². The van der Waals surface area contributed by atoms with E-state index in [0.717, 1.165) is 22.5 Å². The number of aromatic nitrogens is 2. The van der Waals surface area contributed by atoms with Crippen molar-refractivity contribution in [3.8, 4) is 5.75 Å². The number of esters is 1. The molecule has 4 aromatic rings. The smallest absolute Gasteiger partial charge is 0.337 e. The highest BCUT2D eigenvalue weighted by atomic mass is 32.1. The third-order valence-corrected chi connectivity index (χ3v) is 7.27. The van der Waals surface area contributed by atoms with Gasteiger partial charge in [-0.25, -0.2) is 4.79 Å². The van der Waals surface area contributed by atoms with E-state index in [2.05, 4.69) is 10.2 Å². The number of ketones is 1. The Hall–Kier alpha value is -4.83. The molecule has 0 radical (unpaired) electrons. The van der Waals surface area contributed by atoms with Crippen molar-refractivity contribution in [3.05, 3.63) is 111 Å². The van der Waals surface area contributed by atoms with Crippen LogP contribution in [0.5, 0.6) is 5.75 Å². The molecule has 9 nitrogen and oxygen atoms in total. The lowest BCUT2D eigenvalue weighted by molar-refractivity contribution is -0.132. The Balaban J connectivity index is 1.51. The number of aliphatic hydroxyl groups excluding tert-OH is 1. The van der Waals surface area contributed by atoms with Gasteiger partial charge in [0.1, 0.15) is 23.1 Å². The Morgan fingerprint density at radius 1 is 0.975 bits per heavy atom. The summed E-state index contributed by atoms with van der Waals surface area (Å²) in [6.45, 7) is 4.12. The van der Waals surface area contributed by atoms with Crippen molar-refractivity contribution in [2.45, 2.75) is 26.5 Å². The fraction of sp³-hybridized carbons (Fsp3) is 0.167. The van der Waals surface area contributed by atoms with Crippen molar-refractivity contribution in [2.24, 2.45) is 0 Å². The molecule has 5 rings (SSSR count). The Bertz CT molecular complexity index is 1630. The molecule has 10 heteroatoms. The van der Waals surface area contributed by atoms with E-state index in [4.69, 9.17) is 9.47 Å². The predicted octanol–water partition coefficient (Wildman–Crippen LogP) is 5.15. The molecular formula is C30H25N3O6S. The van der Waals surface area contributed by atoms with E-state index in [1.807, 2.05) is 31.2 Å². The van der Waals surface area contributed by atoms with Crippen molar-refractivity contribution < 1.29 is 29.0 Å². The number of benzene rings is 3. The summed E-state index contributed by atoms with van der Waals surface area (Å²) >= 11 is 1.15.